The van der Waals surface area contributed by atoms with Crippen molar-refractivity contribution in [2.24, 2.45) is 0 Å². The molecule has 2 heterocycles. The van der Waals surface area contributed by atoms with Crippen LogP contribution >= 0.6 is 0 Å². The third kappa shape index (κ3) is 5.25. The number of nitrogens with zero attached hydrogens (tertiary/aromatic N) is 2. The Labute approximate surface area is 127 Å². The molecule has 2 amide bonds. The number of carbonyl (C=O) groups is 1. The van der Waals surface area contributed by atoms with E-state index in [4.69, 9.17) is 0 Å². The molecular weight excluding hydrogens is 264 g/mol. The molecule has 1 aromatic heterocycles. The molecular formula is C16H26N4O. The Morgan fingerprint density at radius 1 is 1.24 bits per heavy atom. The first-order chi connectivity index (χ1) is 10.1. The number of hydrogen-bond acceptors (Lipinski definition) is 3. The number of carbonyl (C=O) groups excluding carboxylic acids is 1. The standard InChI is InChI=1S/C16H26N4O/c1-13(2)19-16(21)18-12-14-7-8-15(17-11-14)20-9-5-3-4-6-10-20/h7-8,11,13H,3-6,9-10,12H2,1-2H3,(H2,18,19,21). The van der Waals surface area contributed by atoms with E-state index in [9.17, 15) is 4.79 Å². The van der Waals surface area contributed by atoms with Crippen molar-refractivity contribution in [1.29, 1.82) is 0 Å². The lowest BCUT2D eigenvalue weighted by Crippen LogP contribution is -2.39. The Morgan fingerprint density at radius 3 is 2.52 bits per heavy atom. The molecule has 0 radical (unpaired) electrons. The highest BCUT2D eigenvalue weighted by atomic mass is 16.2. The van der Waals surface area contributed by atoms with Crippen LogP contribution in [0.1, 0.15) is 45.1 Å². The minimum Gasteiger partial charge on any atom is -0.357 e. The molecule has 1 saturated heterocycles. The fourth-order valence-electron chi connectivity index (χ4n) is 2.50. The summed E-state index contributed by atoms with van der Waals surface area (Å²) < 4.78 is 0. The molecule has 21 heavy (non-hydrogen) atoms. The Kier molecular flexibility index (Phi) is 5.84. The van der Waals surface area contributed by atoms with Crippen LogP contribution in [0.5, 0.6) is 0 Å². The van der Waals surface area contributed by atoms with Gasteiger partial charge in [0.2, 0.25) is 0 Å². The van der Waals surface area contributed by atoms with Crippen LogP contribution in [-0.4, -0.2) is 30.1 Å². The van der Waals surface area contributed by atoms with Gasteiger partial charge in [0.25, 0.3) is 0 Å². The largest absolute Gasteiger partial charge is 0.357 e. The van der Waals surface area contributed by atoms with Gasteiger partial charge in [0.1, 0.15) is 5.82 Å². The smallest absolute Gasteiger partial charge is 0.315 e. The van der Waals surface area contributed by atoms with Crippen LogP contribution in [0.3, 0.4) is 0 Å². The van der Waals surface area contributed by atoms with E-state index in [1.807, 2.05) is 26.1 Å². The average molecular weight is 290 g/mol. The normalized spacial score (nSPS) is 15.7. The topological polar surface area (TPSA) is 57.3 Å². The van der Waals surface area contributed by atoms with Crippen molar-refractivity contribution < 1.29 is 4.79 Å². The van der Waals surface area contributed by atoms with Gasteiger partial charge in [-0.05, 0) is 38.3 Å². The quantitative estimate of drug-likeness (QED) is 0.896. The highest BCUT2D eigenvalue weighted by Gasteiger charge is 2.10. The van der Waals surface area contributed by atoms with Gasteiger partial charge < -0.3 is 15.5 Å². The van der Waals surface area contributed by atoms with Gasteiger partial charge in [0.15, 0.2) is 0 Å². The zero-order valence-corrected chi connectivity index (χ0v) is 13.1. The van der Waals surface area contributed by atoms with E-state index < -0.39 is 0 Å². The van der Waals surface area contributed by atoms with E-state index in [0.717, 1.165) is 24.5 Å². The predicted molar refractivity (Wildman–Crippen MR) is 85.4 cm³/mol. The Hall–Kier alpha value is -1.78. The maximum atomic E-state index is 11.5. The van der Waals surface area contributed by atoms with Crippen molar-refractivity contribution >= 4 is 11.8 Å². The number of amides is 2. The van der Waals surface area contributed by atoms with Crippen LogP contribution in [0.2, 0.25) is 0 Å². The maximum Gasteiger partial charge on any atom is 0.315 e. The first-order valence-electron chi connectivity index (χ1n) is 7.89. The van der Waals surface area contributed by atoms with Gasteiger partial charge in [-0.1, -0.05) is 18.9 Å². The summed E-state index contributed by atoms with van der Waals surface area (Å²) in [6.45, 7) is 6.59. The number of pyridine rings is 1. The lowest BCUT2D eigenvalue weighted by Gasteiger charge is -2.21. The molecule has 2 rings (SSSR count). The van der Waals surface area contributed by atoms with Crippen molar-refractivity contribution in [3.8, 4) is 0 Å². The number of rotatable bonds is 4. The number of urea groups is 1. The summed E-state index contributed by atoms with van der Waals surface area (Å²) >= 11 is 0. The molecule has 1 aliphatic rings. The highest BCUT2D eigenvalue weighted by Crippen LogP contribution is 2.17. The number of nitrogens with one attached hydrogen (secondary N) is 2. The van der Waals surface area contributed by atoms with E-state index >= 15 is 0 Å². The molecule has 0 spiro atoms. The minimum absolute atomic E-state index is 0.137. The van der Waals surface area contributed by atoms with Crippen LogP contribution in [0.25, 0.3) is 0 Å². The maximum absolute atomic E-state index is 11.5. The minimum atomic E-state index is -0.137. The van der Waals surface area contributed by atoms with Crippen molar-refractivity contribution in [2.45, 2.75) is 52.1 Å². The zero-order chi connectivity index (χ0) is 15.1. The van der Waals surface area contributed by atoms with Crippen LogP contribution < -0.4 is 15.5 Å². The fraction of sp³-hybridized carbons (Fsp3) is 0.625. The van der Waals surface area contributed by atoms with Crippen molar-refractivity contribution in [1.82, 2.24) is 15.6 Å². The molecule has 0 unspecified atom stereocenters. The second kappa shape index (κ2) is 7.86. The van der Waals surface area contributed by atoms with Gasteiger partial charge in [-0.25, -0.2) is 9.78 Å². The third-order valence-electron chi connectivity index (χ3n) is 3.61. The molecule has 5 heteroatoms. The lowest BCUT2D eigenvalue weighted by atomic mass is 10.2. The number of hydrogen-bond donors (Lipinski definition) is 2. The van der Waals surface area contributed by atoms with Gasteiger partial charge in [-0.15, -0.1) is 0 Å². The molecule has 2 N–H and O–H groups in total. The van der Waals surface area contributed by atoms with Gasteiger partial charge in [-0.3, -0.25) is 0 Å². The molecule has 5 nitrogen and oxygen atoms in total. The summed E-state index contributed by atoms with van der Waals surface area (Å²) in [5, 5.41) is 5.64. The summed E-state index contributed by atoms with van der Waals surface area (Å²) in [7, 11) is 0. The van der Waals surface area contributed by atoms with E-state index in [0.29, 0.717) is 6.54 Å². The molecule has 0 aromatic carbocycles. The van der Waals surface area contributed by atoms with Gasteiger partial charge in [-0.2, -0.15) is 0 Å². The van der Waals surface area contributed by atoms with E-state index in [1.165, 1.54) is 25.7 Å². The first-order valence-corrected chi connectivity index (χ1v) is 7.89. The summed E-state index contributed by atoms with van der Waals surface area (Å²) in [5.74, 6) is 1.05. The summed E-state index contributed by atoms with van der Waals surface area (Å²) in [6.07, 6.45) is 7.00. The van der Waals surface area contributed by atoms with Crippen LogP contribution in [-0.2, 0) is 6.54 Å². The third-order valence-corrected chi connectivity index (χ3v) is 3.61. The monoisotopic (exact) mass is 290 g/mol. The highest BCUT2D eigenvalue weighted by molar-refractivity contribution is 5.74. The second-order valence-electron chi connectivity index (χ2n) is 5.91. The molecule has 116 valence electrons. The van der Waals surface area contributed by atoms with E-state index in [1.54, 1.807) is 0 Å². The van der Waals surface area contributed by atoms with Crippen LogP contribution in [0.4, 0.5) is 10.6 Å². The van der Waals surface area contributed by atoms with Gasteiger partial charge >= 0.3 is 6.03 Å². The average Bonchev–Trinajstić information content (AvgIpc) is 2.74. The molecule has 0 saturated carbocycles. The summed E-state index contributed by atoms with van der Waals surface area (Å²) in [5.41, 5.74) is 1.02. The Bertz CT molecular complexity index is 436. The second-order valence-corrected chi connectivity index (χ2v) is 5.91. The molecule has 1 aliphatic heterocycles. The van der Waals surface area contributed by atoms with Crippen LogP contribution in [0, 0.1) is 0 Å². The molecule has 0 aliphatic carbocycles. The molecule has 1 aromatic rings. The van der Waals surface area contributed by atoms with Gasteiger partial charge in [0, 0.05) is 31.9 Å². The predicted octanol–water partition coefficient (Wildman–Crippen LogP) is 2.67. The van der Waals surface area contributed by atoms with E-state index in [2.05, 4.69) is 26.6 Å². The van der Waals surface area contributed by atoms with Crippen molar-refractivity contribution in [3.63, 3.8) is 0 Å². The van der Waals surface area contributed by atoms with Crippen molar-refractivity contribution in [3.05, 3.63) is 23.9 Å². The van der Waals surface area contributed by atoms with Crippen LogP contribution in [0.15, 0.2) is 18.3 Å². The SMILES string of the molecule is CC(C)NC(=O)NCc1ccc(N2CCCCCC2)nc1. The van der Waals surface area contributed by atoms with Gasteiger partial charge in [0.05, 0.1) is 0 Å². The molecule has 1 fully saturated rings. The number of anilines is 1. The first kappa shape index (κ1) is 15.6. The Morgan fingerprint density at radius 2 is 1.95 bits per heavy atom. The van der Waals surface area contributed by atoms with Crippen molar-refractivity contribution in [2.75, 3.05) is 18.0 Å². The summed E-state index contributed by atoms with van der Waals surface area (Å²) in [6, 6.07) is 4.11. The molecule has 0 bridgehead atoms. The van der Waals surface area contributed by atoms with E-state index in [-0.39, 0.29) is 12.1 Å². The zero-order valence-electron chi connectivity index (χ0n) is 13.1. The lowest BCUT2D eigenvalue weighted by molar-refractivity contribution is 0.238. The number of aromatic nitrogens is 1. The Balaban J connectivity index is 1.85. The summed E-state index contributed by atoms with van der Waals surface area (Å²) in [4.78, 5) is 18.4. The fourth-order valence-corrected chi connectivity index (χ4v) is 2.50. The molecule has 0 atom stereocenters.